The summed E-state index contributed by atoms with van der Waals surface area (Å²) >= 11 is 1.42. The van der Waals surface area contributed by atoms with Gasteiger partial charge in [0.2, 0.25) is 0 Å². The molecule has 0 bridgehead atoms. The van der Waals surface area contributed by atoms with Crippen molar-refractivity contribution in [3.63, 3.8) is 0 Å². The Kier molecular flexibility index (Phi) is 4.56. The third-order valence-corrected chi connectivity index (χ3v) is 3.27. The lowest BCUT2D eigenvalue weighted by Gasteiger charge is -2.11. The minimum atomic E-state index is -0.371. The Bertz CT molecular complexity index is 545. The molecule has 1 rings (SSSR count). The Balaban J connectivity index is 3.59. The van der Waals surface area contributed by atoms with Gasteiger partial charge in [-0.1, -0.05) is 12.1 Å². The lowest BCUT2D eigenvalue weighted by atomic mass is 10.3. The normalized spacial score (nSPS) is 11.1. The van der Waals surface area contributed by atoms with Crippen molar-refractivity contribution in [3.8, 4) is 0 Å². The van der Waals surface area contributed by atoms with Gasteiger partial charge in [-0.2, -0.15) is 0 Å². The number of thioether (sulfide) groups is 1. The van der Waals surface area contributed by atoms with Crippen molar-refractivity contribution < 1.29 is 4.84 Å². The molecule has 0 saturated carbocycles. The van der Waals surface area contributed by atoms with Crippen molar-refractivity contribution in [2.24, 2.45) is 19.3 Å². The Morgan fingerprint density at radius 2 is 2.00 bits per heavy atom. The highest BCUT2D eigenvalue weighted by Gasteiger charge is 2.13. The van der Waals surface area contributed by atoms with E-state index in [1.165, 1.54) is 36.7 Å². The minimum absolute atomic E-state index is 0.347. The fraction of sp³-hybridized carbons (Fsp3) is 0.500. The molecule has 6 nitrogen and oxygen atoms in total. The van der Waals surface area contributed by atoms with Crippen molar-refractivity contribution in [3.05, 3.63) is 26.4 Å². The first-order valence-corrected chi connectivity index (χ1v) is 6.02. The maximum atomic E-state index is 11.9. The fourth-order valence-electron chi connectivity index (χ4n) is 1.38. The van der Waals surface area contributed by atoms with Crippen molar-refractivity contribution in [2.45, 2.75) is 11.9 Å². The molecule has 0 N–H and O–H groups in total. The second kappa shape index (κ2) is 5.72. The first kappa shape index (κ1) is 13.6. The number of nitrogens with zero attached hydrogens (tertiary/aromatic N) is 3. The molecule has 0 unspecified atom stereocenters. The van der Waals surface area contributed by atoms with Gasteiger partial charge >= 0.3 is 5.69 Å². The van der Waals surface area contributed by atoms with Gasteiger partial charge < -0.3 is 4.84 Å². The number of oxime groups is 1. The highest BCUT2D eigenvalue weighted by Crippen LogP contribution is 2.16. The SMILES string of the molecule is CCSc1c(/C=N/OC)c(=O)n(C)c(=O)n1C. The van der Waals surface area contributed by atoms with E-state index in [0.717, 1.165) is 10.3 Å². The lowest BCUT2D eigenvalue weighted by Crippen LogP contribution is -2.40. The van der Waals surface area contributed by atoms with E-state index in [1.54, 1.807) is 7.05 Å². The van der Waals surface area contributed by atoms with Gasteiger partial charge in [0.25, 0.3) is 5.56 Å². The molecule has 17 heavy (non-hydrogen) atoms. The van der Waals surface area contributed by atoms with Crippen LogP contribution in [0.2, 0.25) is 0 Å². The Hall–Kier alpha value is -1.50. The first-order valence-electron chi connectivity index (χ1n) is 5.03. The molecule has 0 aliphatic heterocycles. The van der Waals surface area contributed by atoms with Gasteiger partial charge in [-0.25, -0.2) is 4.79 Å². The molecule has 7 heteroatoms. The maximum Gasteiger partial charge on any atom is 0.331 e. The van der Waals surface area contributed by atoms with E-state index < -0.39 is 0 Å². The maximum absolute atomic E-state index is 11.9. The van der Waals surface area contributed by atoms with Crippen LogP contribution in [0.3, 0.4) is 0 Å². The van der Waals surface area contributed by atoms with E-state index >= 15 is 0 Å². The molecule has 1 heterocycles. The van der Waals surface area contributed by atoms with Gasteiger partial charge in [0.1, 0.15) is 7.11 Å². The van der Waals surface area contributed by atoms with Crippen LogP contribution in [0.25, 0.3) is 0 Å². The third kappa shape index (κ3) is 2.60. The molecule has 1 aromatic heterocycles. The average molecular weight is 257 g/mol. The molecular formula is C10H15N3O3S. The van der Waals surface area contributed by atoms with E-state index in [2.05, 4.69) is 9.99 Å². The van der Waals surface area contributed by atoms with Crippen LogP contribution in [0.1, 0.15) is 12.5 Å². The molecule has 1 aromatic rings. The van der Waals surface area contributed by atoms with Crippen LogP contribution in [-0.2, 0) is 18.9 Å². The first-order chi connectivity index (χ1) is 8.04. The highest BCUT2D eigenvalue weighted by atomic mass is 32.2. The summed E-state index contributed by atoms with van der Waals surface area (Å²) in [5.41, 5.74) is -0.353. The van der Waals surface area contributed by atoms with Crippen LogP contribution >= 0.6 is 11.8 Å². The Morgan fingerprint density at radius 3 is 2.53 bits per heavy atom. The van der Waals surface area contributed by atoms with Crippen LogP contribution in [0.4, 0.5) is 0 Å². The largest absolute Gasteiger partial charge is 0.399 e. The smallest absolute Gasteiger partial charge is 0.331 e. The van der Waals surface area contributed by atoms with Crippen LogP contribution in [0, 0.1) is 0 Å². The van der Waals surface area contributed by atoms with E-state index in [-0.39, 0.29) is 11.2 Å². The molecular weight excluding hydrogens is 242 g/mol. The van der Waals surface area contributed by atoms with Crippen LogP contribution in [0.15, 0.2) is 19.8 Å². The zero-order chi connectivity index (χ0) is 13.0. The van der Waals surface area contributed by atoms with E-state index in [9.17, 15) is 9.59 Å². The average Bonchev–Trinajstić information content (AvgIpc) is 2.33. The summed E-state index contributed by atoms with van der Waals surface area (Å²) in [5, 5.41) is 4.19. The molecule has 0 radical (unpaired) electrons. The summed E-state index contributed by atoms with van der Waals surface area (Å²) in [6.45, 7) is 1.95. The number of hydrogen-bond acceptors (Lipinski definition) is 5. The molecule has 0 spiro atoms. The second-order valence-electron chi connectivity index (χ2n) is 3.27. The zero-order valence-corrected chi connectivity index (χ0v) is 11.1. The summed E-state index contributed by atoms with van der Waals surface area (Å²) < 4.78 is 2.49. The van der Waals surface area contributed by atoms with Gasteiger partial charge in [0, 0.05) is 14.1 Å². The van der Waals surface area contributed by atoms with E-state index in [4.69, 9.17) is 0 Å². The standard InChI is InChI=1S/C10H15N3O3S/c1-5-17-9-7(6-11-16-4)8(14)12(2)10(15)13(9)3/h6H,5H2,1-4H3/b11-6+. The number of rotatable bonds is 4. The van der Waals surface area contributed by atoms with E-state index in [1.807, 2.05) is 6.92 Å². The molecule has 0 aliphatic rings. The molecule has 0 aliphatic carbocycles. The van der Waals surface area contributed by atoms with Gasteiger partial charge in [-0.15, -0.1) is 11.8 Å². The summed E-state index contributed by atoms with van der Waals surface area (Å²) in [7, 11) is 4.47. The summed E-state index contributed by atoms with van der Waals surface area (Å²) in [6.07, 6.45) is 1.33. The predicted octanol–water partition coefficient (Wildman–Crippen LogP) is 0.176. The van der Waals surface area contributed by atoms with Crippen LogP contribution in [-0.4, -0.2) is 28.2 Å². The summed E-state index contributed by atoms with van der Waals surface area (Å²) in [6, 6.07) is 0. The van der Waals surface area contributed by atoms with Crippen molar-refractivity contribution in [1.29, 1.82) is 0 Å². The van der Waals surface area contributed by atoms with Crippen molar-refractivity contribution in [1.82, 2.24) is 9.13 Å². The fourth-order valence-corrected chi connectivity index (χ4v) is 2.22. The molecule has 0 saturated heterocycles. The van der Waals surface area contributed by atoms with Gasteiger partial charge in [0.05, 0.1) is 16.8 Å². The second-order valence-corrected chi connectivity index (χ2v) is 4.53. The topological polar surface area (TPSA) is 65.6 Å². The van der Waals surface area contributed by atoms with Crippen molar-refractivity contribution in [2.75, 3.05) is 12.9 Å². The van der Waals surface area contributed by atoms with Crippen LogP contribution < -0.4 is 11.2 Å². The highest BCUT2D eigenvalue weighted by molar-refractivity contribution is 7.99. The molecule has 0 atom stereocenters. The third-order valence-electron chi connectivity index (χ3n) is 2.21. The Morgan fingerprint density at radius 1 is 1.35 bits per heavy atom. The number of hydrogen-bond donors (Lipinski definition) is 0. The van der Waals surface area contributed by atoms with Gasteiger partial charge in [0.15, 0.2) is 0 Å². The Labute approximate surface area is 103 Å². The summed E-state index contributed by atoms with van der Waals surface area (Å²) in [5.74, 6) is 0.758. The molecule has 94 valence electrons. The van der Waals surface area contributed by atoms with Crippen LogP contribution in [0.5, 0.6) is 0 Å². The monoisotopic (exact) mass is 257 g/mol. The minimum Gasteiger partial charge on any atom is -0.399 e. The van der Waals surface area contributed by atoms with Gasteiger partial charge in [-0.3, -0.25) is 13.9 Å². The van der Waals surface area contributed by atoms with Gasteiger partial charge in [-0.05, 0) is 5.75 Å². The number of aromatic nitrogens is 2. The quantitative estimate of drug-likeness (QED) is 0.334. The molecule has 0 fully saturated rings. The molecule has 0 aromatic carbocycles. The zero-order valence-electron chi connectivity index (χ0n) is 10.3. The lowest BCUT2D eigenvalue weighted by molar-refractivity contribution is 0.215. The van der Waals surface area contributed by atoms with E-state index in [0.29, 0.717) is 10.6 Å². The summed E-state index contributed by atoms with van der Waals surface area (Å²) in [4.78, 5) is 28.2. The molecule has 0 amide bonds. The van der Waals surface area contributed by atoms with Crippen molar-refractivity contribution >= 4 is 18.0 Å². The predicted molar refractivity (Wildman–Crippen MR) is 67.9 cm³/mol.